The lowest BCUT2D eigenvalue weighted by Gasteiger charge is -2.06. The van der Waals surface area contributed by atoms with E-state index >= 15 is 0 Å². The Morgan fingerprint density at radius 2 is 2.06 bits per heavy atom. The quantitative estimate of drug-likeness (QED) is 0.676. The summed E-state index contributed by atoms with van der Waals surface area (Å²) in [5, 5.41) is 7.20. The van der Waals surface area contributed by atoms with Crippen molar-refractivity contribution in [2.24, 2.45) is 5.73 Å². The Hall–Kier alpha value is -1.95. The van der Waals surface area contributed by atoms with Crippen molar-refractivity contribution >= 4 is 21.8 Å². The fraction of sp³-hybridized carbons (Fsp3) is 0. The molecule has 1 aromatic carbocycles. The summed E-state index contributed by atoms with van der Waals surface area (Å²) in [4.78, 5) is 3.94. The van der Waals surface area contributed by atoms with Crippen LogP contribution in [-0.4, -0.2) is 10.8 Å². The lowest BCUT2D eigenvalue weighted by atomic mass is 10.3. The first-order chi connectivity index (χ1) is 8.54. The maximum atomic E-state index is 13.1. The number of aromatic nitrogens is 1. The molecule has 1 heterocycles. The molecule has 0 amide bonds. The predicted molar refractivity (Wildman–Crippen MR) is 69.4 cm³/mol. The van der Waals surface area contributed by atoms with Gasteiger partial charge in [0.25, 0.3) is 0 Å². The van der Waals surface area contributed by atoms with Gasteiger partial charge in [-0.25, -0.2) is 9.37 Å². The number of benzene rings is 1. The molecule has 0 saturated carbocycles. The number of ether oxygens (including phenoxy) is 1. The standard InChI is InChI=1S/C12H9BrFN3O/c13-7-3-8(14)5-10(4-7)18-9-1-2-11(12(15)16)17-6-9/h1-6H,(H3,15,16). The third kappa shape index (κ3) is 3.04. The molecule has 0 fully saturated rings. The maximum absolute atomic E-state index is 13.1. The second-order valence-corrected chi connectivity index (χ2v) is 4.42. The molecule has 0 saturated heterocycles. The van der Waals surface area contributed by atoms with Crippen molar-refractivity contribution in [1.82, 2.24) is 4.98 Å². The molecule has 0 radical (unpaired) electrons. The van der Waals surface area contributed by atoms with Crippen molar-refractivity contribution in [2.75, 3.05) is 0 Å². The summed E-state index contributed by atoms with van der Waals surface area (Å²) in [7, 11) is 0. The van der Waals surface area contributed by atoms with Gasteiger partial charge in [0.05, 0.1) is 6.20 Å². The van der Waals surface area contributed by atoms with E-state index in [-0.39, 0.29) is 5.84 Å². The summed E-state index contributed by atoms with van der Waals surface area (Å²) < 4.78 is 19.2. The lowest BCUT2D eigenvalue weighted by Crippen LogP contribution is -2.12. The van der Waals surface area contributed by atoms with Crippen molar-refractivity contribution < 1.29 is 9.13 Å². The van der Waals surface area contributed by atoms with Gasteiger partial charge in [-0.05, 0) is 24.3 Å². The van der Waals surface area contributed by atoms with Crippen LogP contribution in [0.4, 0.5) is 4.39 Å². The van der Waals surface area contributed by atoms with Crippen molar-refractivity contribution in [3.8, 4) is 11.5 Å². The number of halogens is 2. The van der Waals surface area contributed by atoms with Gasteiger partial charge in [-0.15, -0.1) is 0 Å². The Bertz CT molecular complexity index is 566. The summed E-state index contributed by atoms with van der Waals surface area (Å²) in [6, 6.07) is 7.42. The minimum absolute atomic E-state index is 0.116. The van der Waals surface area contributed by atoms with E-state index < -0.39 is 5.82 Å². The maximum Gasteiger partial charge on any atom is 0.145 e. The van der Waals surface area contributed by atoms with Crippen molar-refractivity contribution in [3.05, 3.63) is 52.5 Å². The van der Waals surface area contributed by atoms with Gasteiger partial charge >= 0.3 is 0 Å². The third-order valence-corrected chi connectivity index (χ3v) is 2.54. The zero-order valence-corrected chi connectivity index (χ0v) is 10.7. The van der Waals surface area contributed by atoms with E-state index in [1.54, 1.807) is 18.2 Å². The second kappa shape index (κ2) is 5.14. The van der Waals surface area contributed by atoms with Crippen molar-refractivity contribution in [3.63, 3.8) is 0 Å². The molecule has 1 aromatic heterocycles. The number of nitrogen functional groups attached to an aromatic ring is 1. The van der Waals surface area contributed by atoms with Crippen LogP contribution in [0.5, 0.6) is 11.5 Å². The number of rotatable bonds is 3. The fourth-order valence-corrected chi connectivity index (χ4v) is 1.77. The average Bonchev–Trinajstić information content (AvgIpc) is 2.28. The Morgan fingerprint density at radius 3 is 2.61 bits per heavy atom. The Morgan fingerprint density at radius 1 is 1.28 bits per heavy atom. The zero-order chi connectivity index (χ0) is 13.1. The molecule has 4 nitrogen and oxygen atoms in total. The molecule has 0 aliphatic heterocycles. The minimum atomic E-state index is -0.396. The second-order valence-electron chi connectivity index (χ2n) is 3.50. The van der Waals surface area contributed by atoms with Crippen LogP contribution in [0, 0.1) is 11.2 Å². The molecule has 6 heteroatoms. The van der Waals surface area contributed by atoms with Gasteiger partial charge in [0.2, 0.25) is 0 Å². The summed E-state index contributed by atoms with van der Waals surface area (Å²) in [6.07, 6.45) is 1.43. The molecule has 2 rings (SSSR count). The minimum Gasteiger partial charge on any atom is -0.456 e. The topological polar surface area (TPSA) is 72.0 Å². The highest BCUT2D eigenvalue weighted by Gasteiger charge is 2.03. The number of hydrogen-bond donors (Lipinski definition) is 2. The predicted octanol–water partition coefficient (Wildman–Crippen LogP) is 3.06. The van der Waals surface area contributed by atoms with Crippen molar-refractivity contribution in [2.45, 2.75) is 0 Å². The molecule has 92 valence electrons. The molecule has 2 aromatic rings. The number of nitrogens with zero attached hydrogens (tertiary/aromatic N) is 1. The molecular formula is C12H9BrFN3O. The van der Waals surface area contributed by atoms with E-state index in [0.717, 1.165) is 0 Å². The molecular weight excluding hydrogens is 301 g/mol. The van der Waals surface area contributed by atoms with Crippen LogP contribution in [0.1, 0.15) is 5.69 Å². The van der Waals surface area contributed by atoms with E-state index in [1.807, 2.05) is 0 Å². The average molecular weight is 310 g/mol. The molecule has 0 unspecified atom stereocenters. The highest BCUT2D eigenvalue weighted by Crippen LogP contribution is 2.25. The van der Waals surface area contributed by atoms with E-state index in [0.29, 0.717) is 21.7 Å². The van der Waals surface area contributed by atoms with Crippen LogP contribution in [0.25, 0.3) is 0 Å². The van der Waals surface area contributed by atoms with Crippen LogP contribution in [0.2, 0.25) is 0 Å². The first-order valence-electron chi connectivity index (χ1n) is 4.99. The highest BCUT2D eigenvalue weighted by atomic mass is 79.9. The van der Waals surface area contributed by atoms with Gasteiger partial charge in [0.1, 0.15) is 28.8 Å². The van der Waals surface area contributed by atoms with Crippen LogP contribution >= 0.6 is 15.9 Å². The molecule has 3 N–H and O–H groups in total. The molecule has 0 aliphatic carbocycles. The van der Waals surface area contributed by atoms with Gasteiger partial charge in [-0.3, -0.25) is 5.41 Å². The number of pyridine rings is 1. The SMILES string of the molecule is N=C(N)c1ccc(Oc2cc(F)cc(Br)c2)cn1. The Labute approximate surface area is 111 Å². The van der Waals surface area contributed by atoms with E-state index in [1.165, 1.54) is 18.3 Å². The van der Waals surface area contributed by atoms with E-state index in [4.69, 9.17) is 15.9 Å². The highest BCUT2D eigenvalue weighted by molar-refractivity contribution is 9.10. The first kappa shape index (κ1) is 12.5. The molecule has 0 atom stereocenters. The summed E-state index contributed by atoms with van der Waals surface area (Å²) in [5.74, 6) is 0.291. The van der Waals surface area contributed by atoms with Crippen LogP contribution in [-0.2, 0) is 0 Å². The van der Waals surface area contributed by atoms with Gasteiger partial charge in [0, 0.05) is 10.5 Å². The Kier molecular flexibility index (Phi) is 3.57. The summed E-state index contributed by atoms with van der Waals surface area (Å²) in [5.41, 5.74) is 5.64. The monoisotopic (exact) mass is 309 g/mol. The van der Waals surface area contributed by atoms with Gasteiger partial charge < -0.3 is 10.5 Å². The largest absolute Gasteiger partial charge is 0.456 e. The molecule has 18 heavy (non-hydrogen) atoms. The van der Waals surface area contributed by atoms with E-state index in [2.05, 4.69) is 20.9 Å². The zero-order valence-electron chi connectivity index (χ0n) is 9.15. The fourth-order valence-electron chi connectivity index (χ4n) is 1.32. The van der Waals surface area contributed by atoms with Crippen LogP contribution in [0.15, 0.2) is 41.0 Å². The van der Waals surface area contributed by atoms with Crippen LogP contribution < -0.4 is 10.5 Å². The molecule has 0 spiro atoms. The summed E-state index contributed by atoms with van der Waals surface area (Å²) in [6.45, 7) is 0. The normalized spacial score (nSPS) is 10.1. The van der Waals surface area contributed by atoms with Crippen LogP contribution in [0.3, 0.4) is 0 Å². The smallest absolute Gasteiger partial charge is 0.145 e. The third-order valence-electron chi connectivity index (χ3n) is 2.08. The molecule has 0 aliphatic rings. The van der Waals surface area contributed by atoms with Crippen molar-refractivity contribution in [1.29, 1.82) is 5.41 Å². The summed E-state index contributed by atoms with van der Waals surface area (Å²) >= 11 is 3.18. The number of nitrogens with one attached hydrogen (secondary N) is 1. The Balaban J connectivity index is 2.20. The number of hydrogen-bond acceptors (Lipinski definition) is 3. The van der Waals surface area contributed by atoms with Gasteiger partial charge in [-0.1, -0.05) is 15.9 Å². The molecule has 0 bridgehead atoms. The number of nitrogens with two attached hydrogens (primary N) is 1. The van der Waals surface area contributed by atoms with Gasteiger partial charge in [-0.2, -0.15) is 0 Å². The number of amidine groups is 1. The lowest BCUT2D eigenvalue weighted by molar-refractivity contribution is 0.474. The van der Waals surface area contributed by atoms with Gasteiger partial charge in [0.15, 0.2) is 0 Å². The van der Waals surface area contributed by atoms with E-state index in [9.17, 15) is 4.39 Å². The first-order valence-corrected chi connectivity index (χ1v) is 5.78.